The van der Waals surface area contributed by atoms with Gasteiger partial charge >= 0.3 is 0 Å². The summed E-state index contributed by atoms with van der Waals surface area (Å²) < 4.78 is 11.4. The Labute approximate surface area is 299 Å². The van der Waals surface area contributed by atoms with E-state index in [1.807, 2.05) is 77.3 Å². The van der Waals surface area contributed by atoms with E-state index in [-0.39, 0.29) is 0 Å². The monoisotopic (exact) mass is 687 g/mol. The van der Waals surface area contributed by atoms with E-state index in [0.717, 1.165) is 38.6 Å². The second kappa shape index (κ2) is 11.2. The number of aromatic nitrogens is 3. The van der Waals surface area contributed by atoms with Gasteiger partial charge in [0.05, 0.1) is 0 Å². The molecule has 0 saturated carbocycles. The third-order valence-electron chi connectivity index (χ3n) is 9.75. The van der Waals surface area contributed by atoms with Crippen molar-refractivity contribution in [3.8, 4) is 45.3 Å². The van der Waals surface area contributed by atoms with Gasteiger partial charge in [-0.05, 0) is 54.1 Å². The number of para-hydroxylation sites is 1. The Kier molecular flexibility index (Phi) is 6.26. The fourth-order valence-corrected chi connectivity index (χ4v) is 9.71. The van der Waals surface area contributed by atoms with Gasteiger partial charge < -0.3 is 4.42 Å². The molecule has 0 bridgehead atoms. The van der Waals surface area contributed by atoms with Gasteiger partial charge in [0.2, 0.25) is 0 Å². The molecule has 4 aromatic heterocycles. The molecule has 0 amide bonds. The molecule has 51 heavy (non-hydrogen) atoms. The predicted molar refractivity (Wildman–Crippen MR) is 215 cm³/mol. The van der Waals surface area contributed by atoms with Crippen molar-refractivity contribution < 1.29 is 4.42 Å². The summed E-state index contributed by atoms with van der Waals surface area (Å²) >= 11 is 3.70. The molecular formula is C45H25N3OS2. The van der Waals surface area contributed by atoms with Crippen LogP contribution in [0, 0.1) is 0 Å². The number of hydrogen-bond acceptors (Lipinski definition) is 6. The number of rotatable bonds is 4. The predicted octanol–water partition coefficient (Wildman–Crippen LogP) is 13.2. The van der Waals surface area contributed by atoms with Gasteiger partial charge in [-0.3, -0.25) is 0 Å². The molecule has 238 valence electrons. The normalized spacial score (nSPS) is 11.9. The van der Waals surface area contributed by atoms with Crippen LogP contribution in [0.4, 0.5) is 0 Å². The van der Waals surface area contributed by atoms with Crippen LogP contribution >= 0.6 is 22.7 Å². The lowest BCUT2D eigenvalue weighted by molar-refractivity contribution is 0.669. The van der Waals surface area contributed by atoms with Crippen LogP contribution < -0.4 is 0 Å². The molecule has 0 saturated heterocycles. The third-order valence-corrected chi connectivity index (χ3v) is 12.1. The lowest BCUT2D eigenvalue weighted by atomic mass is 9.97. The number of thiophene rings is 2. The standard InChI is InChI=1S/C45H25N3OS2/c1-2-10-26(11-3-1)43-46-44(48-45(47-43)28-20-22-30-29-12-4-6-17-36(29)49-37(30)25-28)27-21-23-39-35(24-27)41-32(14-9-19-40(41)50-39)34-16-8-15-33-31-13-5-7-18-38(31)51-42(33)34/h1-25H. The van der Waals surface area contributed by atoms with Crippen LogP contribution in [0.3, 0.4) is 0 Å². The molecule has 4 heterocycles. The van der Waals surface area contributed by atoms with Gasteiger partial charge in [-0.15, -0.1) is 22.7 Å². The van der Waals surface area contributed by atoms with Crippen molar-refractivity contribution in [1.29, 1.82) is 0 Å². The molecule has 0 aliphatic heterocycles. The number of benzene rings is 7. The molecule has 7 aromatic carbocycles. The van der Waals surface area contributed by atoms with Crippen LogP contribution in [-0.2, 0) is 0 Å². The number of fused-ring (bicyclic) bond motifs is 9. The molecule has 4 nitrogen and oxygen atoms in total. The summed E-state index contributed by atoms with van der Waals surface area (Å²) in [6.45, 7) is 0. The Morgan fingerprint density at radius 2 is 1.00 bits per heavy atom. The Morgan fingerprint density at radius 1 is 0.373 bits per heavy atom. The van der Waals surface area contributed by atoms with Crippen LogP contribution in [0.2, 0.25) is 0 Å². The molecule has 0 unspecified atom stereocenters. The van der Waals surface area contributed by atoms with Crippen molar-refractivity contribution in [2.75, 3.05) is 0 Å². The topological polar surface area (TPSA) is 51.8 Å². The van der Waals surface area contributed by atoms with Gasteiger partial charge in [0.15, 0.2) is 17.5 Å². The minimum Gasteiger partial charge on any atom is -0.456 e. The van der Waals surface area contributed by atoms with E-state index in [1.54, 1.807) is 0 Å². The summed E-state index contributed by atoms with van der Waals surface area (Å²) in [4.78, 5) is 15.2. The van der Waals surface area contributed by atoms with Crippen molar-refractivity contribution in [1.82, 2.24) is 15.0 Å². The van der Waals surface area contributed by atoms with Gasteiger partial charge in [0.25, 0.3) is 0 Å². The Balaban J connectivity index is 1.11. The van der Waals surface area contributed by atoms with Crippen LogP contribution in [-0.4, -0.2) is 15.0 Å². The average Bonchev–Trinajstić information content (AvgIpc) is 3.88. The van der Waals surface area contributed by atoms with Crippen molar-refractivity contribution in [3.05, 3.63) is 152 Å². The van der Waals surface area contributed by atoms with E-state index in [4.69, 9.17) is 19.4 Å². The largest absolute Gasteiger partial charge is 0.456 e. The Hall–Kier alpha value is -6.21. The van der Waals surface area contributed by atoms with Gasteiger partial charge in [-0.25, -0.2) is 15.0 Å². The first-order chi connectivity index (χ1) is 25.2. The minimum atomic E-state index is 0.605. The van der Waals surface area contributed by atoms with Crippen molar-refractivity contribution in [2.45, 2.75) is 0 Å². The highest BCUT2D eigenvalue weighted by atomic mass is 32.1. The van der Waals surface area contributed by atoms with Crippen LogP contribution in [0.5, 0.6) is 0 Å². The quantitative estimate of drug-likeness (QED) is 0.185. The van der Waals surface area contributed by atoms with Crippen molar-refractivity contribution in [3.63, 3.8) is 0 Å². The van der Waals surface area contributed by atoms with Crippen LogP contribution in [0.15, 0.2) is 156 Å². The first kappa shape index (κ1) is 28.6. The van der Waals surface area contributed by atoms with Crippen molar-refractivity contribution in [2.24, 2.45) is 0 Å². The molecule has 0 radical (unpaired) electrons. The molecule has 0 aliphatic carbocycles. The molecule has 0 aliphatic rings. The first-order valence-corrected chi connectivity index (χ1v) is 18.5. The molecule has 11 rings (SSSR count). The number of hydrogen-bond donors (Lipinski definition) is 0. The van der Waals surface area contributed by atoms with Gasteiger partial charge in [-0.2, -0.15) is 0 Å². The highest BCUT2D eigenvalue weighted by Gasteiger charge is 2.18. The molecule has 11 aromatic rings. The Morgan fingerprint density at radius 3 is 1.88 bits per heavy atom. The summed E-state index contributed by atoms with van der Waals surface area (Å²) in [7, 11) is 0. The van der Waals surface area contributed by atoms with E-state index in [0.29, 0.717) is 17.5 Å². The Bertz CT molecular complexity index is 3160. The van der Waals surface area contributed by atoms with Crippen molar-refractivity contribution >= 4 is 85.0 Å². The van der Waals surface area contributed by atoms with E-state index in [1.165, 1.54) is 51.5 Å². The maximum Gasteiger partial charge on any atom is 0.164 e. The summed E-state index contributed by atoms with van der Waals surface area (Å²) in [6.07, 6.45) is 0. The van der Waals surface area contributed by atoms with Gasteiger partial charge in [-0.1, -0.05) is 103 Å². The van der Waals surface area contributed by atoms with Gasteiger partial charge in [0.1, 0.15) is 11.2 Å². The highest BCUT2D eigenvalue weighted by Crippen LogP contribution is 2.46. The molecule has 0 spiro atoms. The maximum atomic E-state index is 6.25. The summed E-state index contributed by atoms with van der Waals surface area (Å²) in [6, 6.07) is 53.2. The average molecular weight is 688 g/mol. The second-order valence-electron chi connectivity index (χ2n) is 12.8. The van der Waals surface area contributed by atoms with Crippen LogP contribution in [0.25, 0.3) is 108 Å². The third kappa shape index (κ3) is 4.54. The van der Waals surface area contributed by atoms with E-state index in [9.17, 15) is 0 Å². The lowest BCUT2D eigenvalue weighted by Gasteiger charge is -2.09. The summed E-state index contributed by atoms with van der Waals surface area (Å²) in [5.74, 6) is 1.87. The van der Waals surface area contributed by atoms with E-state index >= 15 is 0 Å². The van der Waals surface area contributed by atoms with E-state index in [2.05, 4.69) is 97.1 Å². The summed E-state index contributed by atoms with van der Waals surface area (Å²) in [5.41, 5.74) is 6.95. The zero-order valence-corrected chi connectivity index (χ0v) is 28.6. The minimum absolute atomic E-state index is 0.605. The molecule has 0 fully saturated rings. The SMILES string of the molecule is c1ccc(-c2nc(-c3ccc4c(c3)oc3ccccc34)nc(-c3ccc4sc5cccc(-c6cccc7c6sc6ccccc67)c5c4c3)n2)cc1. The lowest BCUT2D eigenvalue weighted by Crippen LogP contribution is -2.00. The molecular weight excluding hydrogens is 663 g/mol. The number of furan rings is 1. The smallest absolute Gasteiger partial charge is 0.164 e. The zero-order chi connectivity index (χ0) is 33.5. The molecule has 6 heteroatoms. The summed E-state index contributed by atoms with van der Waals surface area (Å²) in [5, 5.41) is 7.24. The fraction of sp³-hybridized carbons (Fsp3) is 0. The van der Waals surface area contributed by atoms with Crippen LogP contribution in [0.1, 0.15) is 0 Å². The molecule has 0 atom stereocenters. The zero-order valence-electron chi connectivity index (χ0n) is 27.0. The second-order valence-corrected chi connectivity index (χ2v) is 14.9. The first-order valence-electron chi connectivity index (χ1n) is 16.8. The van der Waals surface area contributed by atoms with E-state index < -0.39 is 0 Å². The highest BCUT2D eigenvalue weighted by molar-refractivity contribution is 7.26. The van der Waals surface area contributed by atoms with Gasteiger partial charge in [0, 0.05) is 73.4 Å². The maximum absolute atomic E-state index is 6.25. The fourth-order valence-electron chi connectivity index (χ4n) is 7.37. The molecule has 0 N–H and O–H groups in total. The number of nitrogens with zero attached hydrogens (tertiary/aromatic N) is 3.